The third-order valence-corrected chi connectivity index (χ3v) is 2.37. The molecule has 1 amide bonds. The van der Waals surface area contributed by atoms with Crippen LogP contribution in [0, 0.1) is 5.92 Å². The van der Waals surface area contributed by atoms with Gasteiger partial charge in [-0.05, 0) is 18.8 Å². The zero-order valence-corrected chi connectivity index (χ0v) is 9.58. The number of carbonyl (C=O) groups excluding carboxylic acids is 1. The Labute approximate surface area is 91.1 Å². The monoisotopic (exact) mass is 215 g/mol. The third-order valence-electron chi connectivity index (χ3n) is 2.37. The molecule has 0 aromatic carbocycles. The molecule has 0 aromatic heterocycles. The first-order chi connectivity index (χ1) is 7.06. The van der Waals surface area contributed by atoms with Crippen LogP contribution in [0.4, 0.5) is 0 Å². The SMILES string of the molecule is CCC(C)CC(=O)NCCCCC(=O)O. The van der Waals surface area contributed by atoms with E-state index in [1.807, 2.05) is 6.92 Å². The highest BCUT2D eigenvalue weighted by atomic mass is 16.4. The largest absolute Gasteiger partial charge is 0.481 e. The minimum Gasteiger partial charge on any atom is -0.481 e. The molecule has 0 saturated carbocycles. The minimum atomic E-state index is -0.777. The van der Waals surface area contributed by atoms with Gasteiger partial charge in [-0.25, -0.2) is 0 Å². The summed E-state index contributed by atoms with van der Waals surface area (Å²) in [7, 11) is 0. The number of unbranched alkanes of at least 4 members (excludes halogenated alkanes) is 1. The van der Waals surface area contributed by atoms with Crippen molar-refractivity contribution in [1.82, 2.24) is 5.32 Å². The highest BCUT2D eigenvalue weighted by Gasteiger charge is 2.06. The summed E-state index contributed by atoms with van der Waals surface area (Å²) in [5, 5.41) is 11.2. The van der Waals surface area contributed by atoms with E-state index in [2.05, 4.69) is 12.2 Å². The molecule has 1 unspecified atom stereocenters. The van der Waals surface area contributed by atoms with E-state index in [-0.39, 0.29) is 12.3 Å². The van der Waals surface area contributed by atoms with E-state index in [4.69, 9.17) is 5.11 Å². The Bertz CT molecular complexity index is 204. The van der Waals surface area contributed by atoms with Crippen LogP contribution in [0.1, 0.15) is 46.0 Å². The summed E-state index contributed by atoms with van der Waals surface area (Å²) in [6.07, 6.45) is 3.11. The van der Waals surface area contributed by atoms with Gasteiger partial charge in [-0.1, -0.05) is 20.3 Å². The van der Waals surface area contributed by atoms with Gasteiger partial charge < -0.3 is 10.4 Å². The van der Waals surface area contributed by atoms with E-state index >= 15 is 0 Å². The van der Waals surface area contributed by atoms with Crippen LogP contribution in [0.25, 0.3) is 0 Å². The molecule has 88 valence electrons. The van der Waals surface area contributed by atoms with Crippen molar-refractivity contribution in [2.75, 3.05) is 6.54 Å². The van der Waals surface area contributed by atoms with Crippen molar-refractivity contribution < 1.29 is 14.7 Å². The van der Waals surface area contributed by atoms with Crippen molar-refractivity contribution in [3.05, 3.63) is 0 Å². The van der Waals surface area contributed by atoms with Crippen LogP contribution in [0.3, 0.4) is 0 Å². The molecule has 15 heavy (non-hydrogen) atoms. The number of aliphatic carboxylic acids is 1. The summed E-state index contributed by atoms with van der Waals surface area (Å²) in [5.41, 5.74) is 0. The maximum absolute atomic E-state index is 11.3. The lowest BCUT2D eigenvalue weighted by Crippen LogP contribution is -2.25. The average molecular weight is 215 g/mol. The van der Waals surface area contributed by atoms with E-state index < -0.39 is 5.97 Å². The van der Waals surface area contributed by atoms with Gasteiger partial charge in [0.25, 0.3) is 0 Å². The van der Waals surface area contributed by atoms with E-state index in [0.29, 0.717) is 25.3 Å². The normalized spacial score (nSPS) is 12.1. The van der Waals surface area contributed by atoms with Crippen molar-refractivity contribution in [3.8, 4) is 0 Å². The Morgan fingerprint density at radius 2 is 2.00 bits per heavy atom. The number of rotatable bonds is 8. The lowest BCUT2D eigenvalue weighted by atomic mass is 10.1. The van der Waals surface area contributed by atoms with Gasteiger partial charge in [0.2, 0.25) is 5.91 Å². The van der Waals surface area contributed by atoms with E-state index in [0.717, 1.165) is 12.8 Å². The van der Waals surface area contributed by atoms with Crippen LogP contribution in [0.15, 0.2) is 0 Å². The lowest BCUT2D eigenvalue weighted by Gasteiger charge is -2.08. The molecule has 2 N–H and O–H groups in total. The summed E-state index contributed by atoms with van der Waals surface area (Å²) < 4.78 is 0. The van der Waals surface area contributed by atoms with Crippen molar-refractivity contribution in [3.63, 3.8) is 0 Å². The number of carboxylic acid groups (broad SMARTS) is 1. The highest BCUT2D eigenvalue weighted by Crippen LogP contribution is 2.05. The lowest BCUT2D eigenvalue weighted by molar-refractivity contribution is -0.137. The molecule has 0 fully saturated rings. The van der Waals surface area contributed by atoms with E-state index in [9.17, 15) is 9.59 Å². The first-order valence-electron chi connectivity index (χ1n) is 5.54. The molecule has 1 atom stereocenters. The quantitative estimate of drug-likeness (QED) is 0.607. The molecule has 0 rings (SSSR count). The molecular weight excluding hydrogens is 194 g/mol. The second-order valence-electron chi connectivity index (χ2n) is 3.92. The zero-order chi connectivity index (χ0) is 11.7. The van der Waals surface area contributed by atoms with Gasteiger partial charge in [0, 0.05) is 19.4 Å². The molecule has 0 aromatic rings. The maximum Gasteiger partial charge on any atom is 0.303 e. The summed E-state index contributed by atoms with van der Waals surface area (Å²) in [4.78, 5) is 21.5. The molecule has 0 bridgehead atoms. The van der Waals surface area contributed by atoms with Crippen molar-refractivity contribution in [2.24, 2.45) is 5.92 Å². The van der Waals surface area contributed by atoms with Gasteiger partial charge in [0.05, 0.1) is 0 Å². The Morgan fingerprint density at radius 1 is 1.33 bits per heavy atom. The molecule has 4 heteroatoms. The van der Waals surface area contributed by atoms with Gasteiger partial charge >= 0.3 is 5.97 Å². The number of hydrogen-bond acceptors (Lipinski definition) is 2. The molecule has 0 radical (unpaired) electrons. The fourth-order valence-corrected chi connectivity index (χ4v) is 1.16. The third kappa shape index (κ3) is 9.25. The molecule has 0 spiro atoms. The summed E-state index contributed by atoms with van der Waals surface area (Å²) in [5.74, 6) is -0.287. The van der Waals surface area contributed by atoms with Crippen molar-refractivity contribution >= 4 is 11.9 Å². The fraction of sp³-hybridized carbons (Fsp3) is 0.818. The average Bonchev–Trinajstić information content (AvgIpc) is 2.16. The van der Waals surface area contributed by atoms with Crippen LogP contribution in [0.5, 0.6) is 0 Å². The van der Waals surface area contributed by atoms with Crippen molar-refractivity contribution in [2.45, 2.75) is 46.0 Å². The molecule has 0 heterocycles. The minimum absolute atomic E-state index is 0.0691. The van der Waals surface area contributed by atoms with Gasteiger partial charge in [-0.15, -0.1) is 0 Å². The molecular formula is C11H21NO3. The smallest absolute Gasteiger partial charge is 0.303 e. The number of hydrogen-bond donors (Lipinski definition) is 2. The van der Waals surface area contributed by atoms with Crippen molar-refractivity contribution in [1.29, 1.82) is 0 Å². The van der Waals surface area contributed by atoms with Crippen LogP contribution < -0.4 is 5.32 Å². The second kappa shape index (κ2) is 8.26. The number of amides is 1. The summed E-state index contributed by atoms with van der Waals surface area (Å²) in [6.45, 7) is 4.69. The Hall–Kier alpha value is -1.06. The summed E-state index contributed by atoms with van der Waals surface area (Å²) in [6, 6.07) is 0. The predicted octanol–water partition coefficient (Wildman–Crippen LogP) is 1.79. The van der Waals surface area contributed by atoms with Crippen LogP contribution in [-0.4, -0.2) is 23.5 Å². The topological polar surface area (TPSA) is 66.4 Å². The Balaban J connectivity index is 3.35. The van der Waals surface area contributed by atoms with Gasteiger partial charge in [0.1, 0.15) is 0 Å². The standard InChI is InChI=1S/C11H21NO3/c1-3-9(2)8-10(13)12-7-5-4-6-11(14)15/h9H,3-8H2,1-2H3,(H,12,13)(H,14,15). The van der Waals surface area contributed by atoms with E-state index in [1.165, 1.54) is 0 Å². The van der Waals surface area contributed by atoms with Crippen LogP contribution in [0.2, 0.25) is 0 Å². The van der Waals surface area contributed by atoms with Gasteiger partial charge in [-0.3, -0.25) is 9.59 Å². The molecule has 0 saturated heterocycles. The van der Waals surface area contributed by atoms with Crippen LogP contribution >= 0.6 is 0 Å². The molecule has 0 aliphatic heterocycles. The maximum atomic E-state index is 11.3. The number of carbonyl (C=O) groups is 2. The first kappa shape index (κ1) is 13.9. The number of carboxylic acids is 1. The zero-order valence-electron chi connectivity index (χ0n) is 9.58. The fourth-order valence-electron chi connectivity index (χ4n) is 1.16. The molecule has 0 aliphatic carbocycles. The highest BCUT2D eigenvalue weighted by molar-refractivity contribution is 5.76. The number of nitrogens with one attached hydrogen (secondary N) is 1. The predicted molar refractivity (Wildman–Crippen MR) is 58.6 cm³/mol. The Kier molecular flexibility index (Phi) is 7.68. The van der Waals surface area contributed by atoms with Gasteiger partial charge in [0.15, 0.2) is 0 Å². The van der Waals surface area contributed by atoms with E-state index in [1.54, 1.807) is 0 Å². The molecule has 4 nitrogen and oxygen atoms in total. The van der Waals surface area contributed by atoms with Crippen LogP contribution in [-0.2, 0) is 9.59 Å². The Morgan fingerprint density at radius 3 is 2.53 bits per heavy atom. The molecule has 0 aliphatic rings. The second-order valence-corrected chi connectivity index (χ2v) is 3.92. The van der Waals surface area contributed by atoms with Gasteiger partial charge in [-0.2, -0.15) is 0 Å². The first-order valence-corrected chi connectivity index (χ1v) is 5.54. The summed E-state index contributed by atoms with van der Waals surface area (Å²) >= 11 is 0.